The first kappa shape index (κ1) is 29.0. The fourth-order valence-corrected chi connectivity index (χ4v) is 12.5. The van der Waals surface area contributed by atoms with Gasteiger partial charge in [-0.05, 0) is 78.4 Å². The summed E-state index contributed by atoms with van der Waals surface area (Å²) in [6.07, 6.45) is 0. The highest BCUT2D eigenvalue weighted by atomic mass is 28.3. The van der Waals surface area contributed by atoms with Crippen LogP contribution < -0.4 is 26.1 Å². The molecule has 47 heavy (non-hydrogen) atoms. The van der Waals surface area contributed by atoms with Crippen molar-refractivity contribution in [3.63, 3.8) is 0 Å². The van der Waals surface area contributed by atoms with Gasteiger partial charge in [0.1, 0.15) is 0 Å². The lowest BCUT2D eigenvalue weighted by atomic mass is 9.82. The molecule has 0 heterocycles. The molecule has 8 rings (SSSR count). The molecule has 1 aliphatic carbocycles. The van der Waals surface area contributed by atoms with Gasteiger partial charge in [0.2, 0.25) is 0 Å². The molecule has 0 bridgehead atoms. The molecule has 0 aliphatic heterocycles. The Bertz CT molecular complexity index is 2060. The monoisotopic (exact) mass is 619 g/mol. The highest BCUT2D eigenvalue weighted by Gasteiger charge is 2.41. The molecule has 1 N–H and O–H groups in total. The lowest BCUT2D eigenvalue weighted by molar-refractivity contribution is 0.661. The Kier molecular flexibility index (Phi) is 7.23. The van der Waals surface area contributed by atoms with E-state index in [0.29, 0.717) is 0 Å². The second-order valence-corrected chi connectivity index (χ2v) is 16.8. The van der Waals surface area contributed by atoms with Gasteiger partial charge in [0.25, 0.3) is 0 Å². The minimum absolute atomic E-state index is 0.0940. The first-order valence-corrected chi connectivity index (χ1v) is 18.4. The molecular formula is C45H37NSi. The number of hydrogen-bond acceptors (Lipinski definition) is 1. The van der Waals surface area contributed by atoms with Crippen molar-refractivity contribution >= 4 is 40.2 Å². The number of rotatable bonds is 7. The maximum atomic E-state index is 3.76. The quantitative estimate of drug-likeness (QED) is 0.139. The molecule has 7 aromatic rings. The zero-order valence-corrected chi connectivity index (χ0v) is 27.8. The Morgan fingerprint density at radius 1 is 0.404 bits per heavy atom. The number of nitrogens with one attached hydrogen (secondary N) is 1. The number of hydrogen-bond donors (Lipinski definition) is 1. The van der Waals surface area contributed by atoms with E-state index in [9.17, 15) is 0 Å². The Balaban J connectivity index is 1.18. The Morgan fingerprint density at radius 3 is 1.45 bits per heavy atom. The SMILES string of the molecule is CC1(C)c2cc(Nc3ccc([Si](c4ccccc4)(c4ccccc4)c4ccccc4)cc3)ccc2-c2c(-c3ccccc3)cccc21. The van der Waals surface area contributed by atoms with Crippen LogP contribution in [0.3, 0.4) is 0 Å². The second-order valence-electron chi connectivity index (χ2n) is 13.0. The lowest BCUT2D eigenvalue weighted by Crippen LogP contribution is -2.74. The molecule has 0 aromatic heterocycles. The van der Waals surface area contributed by atoms with E-state index in [4.69, 9.17) is 0 Å². The average Bonchev–Trinajstić information content (AvgIpc) is 3.37. The molecule has 2 heteroatoms. The highest BCUT2D eigenvalue weighted by Crippen LogP contribution is 2.52. The van der Waals surface area contributed by atoms with Crippen molar-refractivity contribution in [1.82, 2.24) is 0 Å². The van der Waals surface area contributed by atoms with Gasteiger partial charge in [0.05, 0.1) is 0 Å². The van der Waals surface area contributed by atoms with Crippen LogP contribution in [0.2, 0.25) is 0 Å². The summed E-state index contributed by atoms with van der Waals surface area (Å²) in [5.41, 5.74) is 10.1. The van der Waals surface area contributed by atoms with Crippen LogP contribution in [0, 0.1) is 0 Å². The van der Waals surface area contributed by atoms with E-state index in [1.54, 1.807) is 0 Å². The van der Waals surface area contributed by atoms with E-state index in [0.717, 1.165) is 11.4 Å². The van der Waals surface area contributed by atoms with Gasteiger partial charge in [-0.2, -0.15) is 0 Å². The van der Waals surface area contributed by atoms with E-state index in [1.165, 1.54) is 54.1 Å². The third kappa shape index (κ3) is 4.84. The predicted octanol–water partition coefficient (Wildman–Crippen LogP) is 8.78. The molecule has 0 spiro atoms. The second kappa shape index (κ2) is 11.7. The molecule has 226 valence electrons. The Labute approximate surface area is 279 Å². The lowest BCUT2D eigenvalue weighted by Gasteiger charge is -2.34. The van der Waals surface area contributed by atoms with Gasteiger partial charge in [-0.25, -0.2) is 0 Å². The maximum absolute atomic E-state index is 3.76. The first-order valence-electron chi connectivity index (χ1n) is 16.4. The van der Waals surface area contributed by atoms with Gasteiger partial charge >= 0.3 is 0 Å². The molecule has 0 saturated carbocycles. The summed E-state index contributed by atoms with van der Waals surface area (Å²) in [5, 5.41) is 9.27. The number of fused-ring (bicyclic) bond motifs is 3. The van der Waals surface area contributed by atoms with Crippen molar-refractivity contribution < 1.29 is 0 Å². The number of anilines is 2. The van der Waals surface area contributed by atoms with Gasteiger partial charge in [0.15, 0.2) is 8.07 Å². The fourth-order valence-electron chi connectivity index (χ4n) is 7.76. The van der Waals surface area contributed by atoms with E-state index in [-0.39, 0.29) is 5.41 Å². The van der Waals surface area contributed by atoms with Crippen molar-refractivity contribution in [2.24, 2.45) is 0 Å². The van der Waals surface area contributed by atoms with Crippen LogP contribution >= 0.6 is 0 Å². The number of benzene rings is 7. The minimum atomic E-state index is -2.55. The zero-order valence-electron chi connectivity index (χ0n) is 26.8. The molecule has 1 nitrogen and oxygen atoms in total. The van der Waals surface area contributed by atoms with E-state index in [1.807, 2.05) is 0 Å². The predicted molar refractivity (Wildman–Crippen MR) is 203 cm³/mol. The third-order valence-corrected chi connectivity index (χ3v) is 14.8. The topological polar surface area (TPSA) is 12.0 Å². The van der Waals surface area contributed by atoms with Crippen LogP contribution in [0.25, 0.3) is 22.3 Å². The molecule has 0 amide bonds. The zero-order chi connectivity index (χ0) is 31.8. The van der Waals surface area contributed by atoms with Crippen molar-refractivity contribution in [1.29, 1.82) is 0 Å². The molecule has 0 unspecified atom stereocenters. The molecule has 0 fully saturated rings. The molecule has 0 radical (unpaired) electrons. The highest BCUT2D eigenvalue weighted by molar-refractivity contribution is 7.19. The minimum Gasteiger partial charge on any atom is -0.356 e. The summed E-state index contributed by atoms with van der Waals surface area (Å²) in [5.74, 6) is 0. The summed E-state index contributed by atoms with van der Waals surface area (Å²) < 4.78 is 0. The van der Waals surface area contributed by atoms with E-state index in [2.05, 4.69) is 201 Å². The van der Waals surface area contributed by atoms with Gasteiger partial charge in [-0.1, -0.05) is 172 Å². The molecule has 0 atom stereocenters. The summed E-state index contributed by atoms with van der Waals surface area (Å²) >= 11 is 0. The smallest absolute Gasteiger partial charge is 0.179 e. The normalized spacial score (nSPS) is 13.1. The third-order valence-electron chi connectivity index (χ3n) is 10.0. The molecule has 1 aliphatic rings. The van der Waals surface area contributed by atoms with Crippen molar-refractivity contribution in [2.45, 2.75) is 19.3 Å². The first-order chi connectivity index (χ1) is 23.1. The fraction of sp³-hybridized carbons (Fsp3) is 0.0667. The van der Waals surface area contributed by atoms with Gasteiger partial charge in [-0.15, -0.1) is 0 Å². The Morgan fingerprint density at radius 2 is 0.894 bits per heavy atom. The van der Waals surface area contributed by atoms with Crippen molar-refractivity contribution in [3.05, 3.63) is 193 Å². The van der Waals surface area contributed by atoms with Crippen LogP contribution in [-0.4, -0.2) is 8.07 Å². The van der Waals surface area contributed by atoms with Crippen LogP contribution in [-0.2, 0) is 5.41 Å². The van der Waals surface area contributed by atoms with Crippen molar-refractivity contribution in [2.75, 3.05) is 5.32 Å². The average molecular weight is 620 g/mol. The van der Waals surface area contributed by atoms with Crippen LogP contribution in [0.4, 0.5) is 11.4 Å². The van der Waals surface area contributed by atoms with Crippen LogP contribution in [0.5, 0.6) is 0 Å². The standard InChI is InChI=1S/C45H37NSi/c1-45(2)42-25-15-24-40(33-16-7-3-8-17-33)44(42)41-31-28-35(32-43(41)45)46-34-26-29-39(30-27-34)47(36-18-9-4-10-19-36,37-20-11-5-12-21-37)38-22-13-6-14-23-38/h3-32,46H,1-2H3. The van der Waals surface area contributed by atoms with Gasteiger partial charge < -0.3 is 5.32 Å². The van der Waals surface area contributed by atoms with Gasteiger partial charge in [-0.3, -0.25) is 0 Å². The molecule has 0 saturated heterocycles. The Hall–Kier alpha value is -5.44. The molecule has 7 aromatic carbocycles. The summed E-state index contributed by atoms with van der Waals surface area (Å²) in [7, 11) is -2.55. The maximum Gasteiger partial charge on any atom is 0.179 e. The van der Waals surface area contributed by atoms with E-state index < -0.39 is 8.07 Å². The summed E-state index contributed by atoms with van der Waals surface area (Å²) in [6.45, 7) is 4.71. The van der Waals surface area contributed by atoms with Crippen LogP contribution in [0.15, 0.2) is 182 Å². The molecular weight excluding hydrogens is 583 g/mol. The van der Waals surface area contributed by atoms with E-state index >= 15 is 0 Å². The van der Waals surface area contributed by atoms with Crippen LogP contribution in [0.1, 0.15) is 25.0 Å². The van der Waals surface area contributed by atoms with Gasteiger partial charge in [0, 0.05) is 16.8 Å². The summed E-state index contributed by atoms with van der Waals surface area (Å²) in [4.78, 5) is 0. The largest absolute Gasteiger partial charge is 0.356 e. The van der Waals surface area contributed by atoms with Crippen molar-refractivity contribution in [3.8, 4) is 22.3 Å². The summed E-state index contributed by atoms with van der Waals surface area (Å²) in [6, 6.07) is 66.9.